The first-order chi connectivity index (χ1) is 5.01. The smallest absolute Gasteiger partial charge is 0.224 e. The molecule has 11 heavy (non-hydrogen) atoms. The second kappa shape index (κ2) is 3.14. The predicted molar refractivity (Wildman–Crippen MR) is 46.6 cm³/mol. The van der Waals surface area contributed by atoms with Crippen molar-refractivity contribution in [3.05, 3.63) is 0 Å². The molecule has 1 aliphatic carbocycles. The van der Waals surface area contributed by atoms with E-state index in [1.807, 2.05) is 0 Å². The zero-order chi connectivity index (χ0) is 8.48. The maximum absolute atomic E-state index is 10.8. The third-order valence-corrected chi connectivity index (χ3v) is 2.97. The molecule has 1 saturated carbocycles. The van der Waals surface area contributed by atoms with Crippen LogP contribution in [0.1, 0.15) is 39.5 Å². The highest BCUT2D eigenvalue weighted by Crippen LogP contribution is 2.38. The summed E-state index contributed by atoms with van der Waals surface area (Å²) in [5.41, 5.74) is 0.433. The fraction of sp³-hybridized carbons (Fsp3) is 0.889. The second-order valence-corrected chi connectivity index (χ2v) is 4.62. The van der Waals surface area contributed by atoms with Crippen LogP contribution in [-0.4, -0.2) is 5.24 Å². The lowest BCUT2D eigenvalue weighted by Crippen LogP contribution is -2.23. The van der Waals surface area contributed by atoms with Crippen LogP contribution in [0.15, 0.2) is 0 Å². The Morgan fingerprint density at radius 2 is 1.82 bits per heavy atom. The number of carbonyl (C=O) groups is 1. The fourth-order valence-corrected chi connectivity index (χ4v) is 1.84. The molecule has 0 bridgehead atoms. The van der Waals surface area contributed by atoms with E-state index in [1.54, 1.807) is 0 Å². The van der Waals surface area contributed by atoms with Gasteiger partial charge in [-0.25, -0.2) is 0 Å². The van der Waals surface area contributed by atoms with Gasteiger partial charge in [-0.05, 0) is 42.7 Å². The third-order valence-electron chi connectivity index (χ3n) is 2.66. The molecule has 0 unspecified atom stereocenters. The first kappa shape index (κ1) is 9.05. The molecule has 0 aromatic heterocycles. The summed E-state index contributed by atoms with van der Waals surface area (Å²) in [5, 5.41) is -0.138. The lowest BCUT2D eigenvalue weighted by Gasteiger charge is -2.32. The summed E-state index contributed by atoms with van der Waals surface area (Å²) in [4.78, 5) is 10.8. The Bertz CT molecular complexity index is 153. The third kappa shape index (κ3) is 2.48. The van der Waals surface area contributed by atoms with Crippen LogP contribution in [0.2, 0.25) is 0 Å². The summed E-state index contributed by atoms with van der Waals surface area (Å²) < 4.78 is 0. The lowest BCUT2D eigenvalue weighted by atomic mass is 9.73. The van der Waals surface area contributed by atoms with Gasteiger partial charge < -0.3 is 0 Å². The molecule has 1 rings (SSSR count). The second-order valence-electron chi connectivity index (χ2n) is 4.24. The van der Waals surface area contributed by atoms with E-state index in [0.29, 0.717) is 5.41 Å². The molecule has 0 atom stereocenters. The molecule has 1 fully saturated rings. The van der Waals surface area contributed by atoms with Gasteiger partial charge in [0.05, 0.1) is 0 Å². The standard InChI is InChI=1S/C9H15ClO/c1-9(2)5-3-7(4-6-9)8(10)11/h7H,3-6H2,1-2H3. The van der Waals surface area contributed by atoms with Crippen LogP contribution in [0.5, 0.6) is 0 Å². The summed E-state index contributed by atoms with van der Waals surface area (Å²) >= 11 is 5.41. The Balaban J connectivity index is 2.42. The number of rotatable bonds is 1. The Labute approximate surface area is 73.1 Å². The molecule has 0 radical (unpaired) electrons. The van der Waals surface area contributed by atoms with E-state index in [9.17, 15) is 4.79 Å². The fourth-order valence-electron chi connectivity index (χ4n) is 1.63. The Morgan fingerprint density at radius 1 is 1.36 bits per heavy atom. The van der Waals surface area contributed by atoms with Crippen molar-refractivity contribution in [2.45, 2.75) is 39.5 Å². The van der Waals surface area contributed by atoms with Gasteiger partial charge >= 0.3 is 0 Å². The molecule has 64 valence electrons. The average Bonchev–Trinajstić information content (AvgIpc) is 1.86. The van der Waals surface area contributed by atoms with Crippen molar-refractivity contribution in [2.75, 3.05) is 0 Å². The van der Waals surface area contributed by atoms with E-state index < -0.39 is 0 Å². The molecule has 0 aromatic carbocycles. The highest BCUT2D eigenvalue weighted by molar-refractivity contribution is 6.63. The maximum Gasteiger partial charge on any atom is 0.224 e. The van der Waals surface area contributed by atoms with Crippen LogP contribution < -0.4 is 0 Å². The monoisotopic (exact) mass is 174 g/mol. The van der Waals surface area contributed by atoms with Crippen molar-refractivity contribution in [2.24, 2.45) is 11.3 Å². The molecule has 0 saturated heterocycles. The van der Waals surface area contributed by atoms with E-state index in [1.165, 1.54) is 0 Å². The molecule has 0 amide bonds. The van der Waals surface area contributed by atoms with Crippen molar-refractivity contribution in [3.63, 3.8) is 0 Å². The number of hydrogen-bond donors (Lipinski definition) is 0. The maximum atomic E-state index is 10.8. The zero-order valence-electron chi connectivity index (χ0n) is 7.19. The number of halogens is 1. The minimum atomic E-state index is -0.138. The molecule has 0 N–H and O–H groups in total. The van der Waals surface area contributed by atoms with Gasteiger partial charge in [0.2, 0.25) is 5.24 Å². The summed E-state index contributed by atoms with van der Waals surface area (Å²) in [5.74, 6) is 0.143. The molecule has 0 spiro atoms. The van der Waals surface area contributed by atoms with Gasteiger partial charge in [-0.1, -0.05) is 13.8 Å². The van der Waals surface area contributed by atoms with Crippen LogP contribution in [-0.2, 0) is 4.79 Å². The van der Waals surface area contributed by atoms with E-state index in [2.05, 4.69) is 13.8 Å². The SMILES string of the molecule is CC1(C)CCC(C(=O)Cl)CC1. The molecule has 1 nitrogen and oxygen atoms in total. The minimum absolute atomic E-state index is 0.138. The molecule has 0 aliphatic heterocycles. The van der Waals surface area contributed by atoms with Crippen molar-refractivity contribution < 1.29 is 4.79 Å². The van der Waals surface area contributed by atoms with Gasteiger partial charge in [0, 0.05) is 5.92 Å². The van der Waals surface area contributed by atoms with Crippen LogP contribution in [0, 0.1) is 11.3 Å². The lowest BCUT2D eigenvalue weighted by molar-refractivity contribution is -0.116. The van der Waals surface area contributed by atoms with Crippen molar-refractivity contribution in [1.29, 1.82) is 0 Å². The quantitative estimate of drug-likeness (QED) is 0.559. The van der Waals surface area contributed by atoms with Crippen LogP contribution >= 0.6 is 11.6 Å². The highest BCUT2D eigenvalue weighted by atomic mass is 35.5. The van der Waals surface area contributed by atoms with Gasteiger partial charge in [-0.3, -0.25) is 4.79 Å². The minimum Gasteiger partial charge on any atom is -0.281 e. The summed E-state index contributed by atoms with van der Waals surface area (Å²) in [6, 6.07) is 0. The molecule has 2 heteroatoms. The topological polar surface area (TPSA) is 17.1 Å². The van der Waals surface area contributed by atoms with Crippen LogP contribution in [0.3, 0.4) is 0 Å². The average molecular weight is 175 g/mol. The van der Waals surface area contributed by atoms with Gasteiger partial charge in [0.15, 0.2) is 0 Å². The number of carbonyl (C=O) groups excluding carboxylic acids is 1. The summed E-state index contributed by atoms with van der Waals surface area (Å²) in [7, 11) is 0. The van der Waals surface area contributed by atoms with Crippen LogP contribution in [0.4, 0.5) is 0 Å². The largest absolute Gasteiger partial charge is 0.281 e. The molecule has 0 heterocycles. The Morgan fingerprint density at radius 3 is 2.18 bits per heavy atom. The first-order valence-corrected chi connectivity index (χ1v) is 4.58. The molecular formula is C9H15ClO. The van der Waals surface area contributed by atoms with Gasteiger partial charge in [-0.15, -0.1) is 0 Å². The molecule has 0 aromatic rings. The molecular weight excluding hydrogens is 160 g/mol. The zero-order valence-corrected chi connectivity index (χ0v) is 7.95. The van der Waals surface area contributed by atoms with E-state index in [-0.39, 0.29) is 11.2 Å². The number of hydrogen-bond acceptors (Lipinski definition) is 1. The van der Waals surface area contributed by atoms with E-state index in [4.69, 9.17) is 11.6 Å². The molecule has 1 aliphatic rings. The van der Waals surface area contributed by atoms with E-state index >= 15 is 0 Å². The van der Waals surface area contributed by atoms with Crippen molar-refractivity contribution in [1.82, 2.24) is 0 Å². The summed E-state index contributed by atoms with van der Waals surface area (Å²) in [6.45, 7) is 4.50. The Kier molecular flexibility index (Phi) is 2.58. The highest BCUT2D eigenvalue weighted by Gasteiger charge is 2.29. The van der Waals surface area contributed by atoms with Gasteiger partial charge in [-0.2, -0.15) is 0 Å². The van der Waals surface area contributed by atoms with Crippen LogP contribution in [0.25, 0.3) is 0 Å². The van der Waals surface area contributed by atoms with Gasteiger partial charge in [0.25, 0.3) is 0 Å². The van der Waals surface area contributed by atoms with Gasteiger partial charge in [0.1, 0.15) is 0 Å². The van der Waals surface area contributed by atoms with Crippen molar-refractivity contribution in [3.8, 4) is 0 Å². The van der Waals surface area contributed by atoms with E-state index in [0.717, 1.165) is 25.7 Å². The predicted octanol–water partition coefficient (Wildman–Crippen LogP) is 2.97. The normalized spacial score (nSPS) is 25.0. The van der Waals surface area contributed by atoms with Crippen molar-refractivity contribution >= 4 is 16.8 Å². The summed E-state index contributed by atoms with van der Waals surface area (Å²) in [6.07, 6.45) is 4.23. The Hall–Kier alpha value is -0.0400. The first-order valence-electron chi connectivity index (χ1n) is 4.21.